The fourth-order valence-corrected chi connectivity index (χ4v) is 3.66. The van der Waals surface area contributed by atoms with Crippen LogP contribution in [0.5, 0.6) is 0 Å². The lowest BCUT2D eigenvalue weighted by molar-refractivity contribution is 0.0955. The van der Waals surface area contributed by atoms with Crippen LogP contribution in [0.3, 0.4) is 0 Å². The highest BCUT2D eigenvalue weighted by atomic mass is 32.2. The molecule has 1 amide bonds. The van der Waals surface area contributed by atoms with Crippen molar-refractivity contribution in [1.29, 1.82) is 0 Å². The maximum atomic E-state index is 12.3. The fourth-order valence-electron chi connectivity index (χ4n) is 2.18. The van der Waals surface area contributed by atoms with Gasteiger partial charge in [0.25, 0.3) is 5.91 Å². The second-order valence-electron chi connectivity index (χ2n) is 5.21. The number of aryl methyl sites for hydroxylation is 1. The summed E-state index contributed by atoms with van der Waals surface area (Å²) in [6.45, 7) is 2.34. The summed E-state index contributed by atoms with van der Waals surface area (Å²) in [5, 5.41) is 2.87. The van der Waals surface area contributed by atoms with Gasteiger partial charge in [0.2, 0.25) is 0 Å². The van der Waals surface area contributed by atoms with Gasteiger partial charge in [0.15, 0.2) is 0 Å². The quantitative estimate of drug-likeness (QED) is 0.781. The van der Waals surface area contributed by atoms with E-state index in [2.05, 4.69) is 5.32 Å². The molecule has 0 unspecified atom stereocenters. The van der Waals surface area contributed by atoms with E-state index >= 15 is 0 Å². The van der Waals surface area contributed by atoms with E-state index < -0.39 is 10.8 Å². The van der Waals surface area contributed by atoms with Crippen molar-refractivity contribution in [2.45, 2.75) is 17.6 Å². The first-order valence-corrected chi connectivity index (χ1v) is 10.1. The average Bonchev–Trinajstić information content (AvgIpc) is 2.56. The standard InChI is InChI=1S/C18H21NO2S2/c1-14-8-9-16(22-2)12-17(14)18(20)19-10-11-23(21)13-15-6-4-3-5-7-15/h3-9,12H,10-11,13H2,1-2H3,(H,19,20)/t23-/m0/s1. The highest BCUT2D eigenvalue weighted by Gasteiger charge is 2.10. The van der Waals surface area contributed by atoms with E-state index in [-0.39, 0.29) is 5.91 Å². The van der Waals surface area contributed by atoms with Gasteiger partial charge >= 0.3 is 0 Å². The molecule has 2 aromatic rings. The number of nitrogens with one attached hydrogen (secondary N) is 1. The molecule has 0 aliphatic heterocycles. The van der Waals surface area contributed by atoms with Crippen molar-refractivity contribution in [2.24, 2.45) is 0 Å². The van der Waals surface area contributed by atoms with Crippen molar-refractivity contribution in [3.63, 3.8) is 0 Å². The summed E-state index contributed by atoms with van der Waals surface area (Å²) in [5.74, 6) is 0.884. The van der Waals surface area contributed by atoms with E-state index in [1.807, 2.05) is 61.7 Å². The van der Waals surface area contributed by atoms with Crippen LogP contribution in [0, 0.1) is 6.92 Å². The number of benzene rings is 2. The van der Waals surface area contributed by atoms with Crippen molar-refractivity contribution < 1.29 is 9.00 Å². The van der Waals surface area contributed by atoms with Gasteiger partial charge in [0.1, 0.15) is 0 Å². The molecule has 0 saturated carbocycles. The van der Waals surface area contributed by atoms with Gasteiger partial charge in [-0.25, -0.2) is 0 Å². The van der Waals surface area contributed by atoms with Crippen LogP contribution < -0.4 is 5.32 Å². The number of amides is 1. The molecule has 0 aliphatic carbocycles. The molecular formula is C18H21NO2S2. The Morgan fingerprint density at radius 2 is 1.91 bits per heavy atom. The SMILES string of the molecule is CSc1ccc(C)c(C(=O)NCC[S@](=O)Cc2ccccc2)c1. The average molecular weight is 348 g/mol. The van der Waals surface area contributed by atoms with Crippen LogP contribution in [0.4, 0.5) is 0 Å². The van der Waals surface area contributed by atoms with Gasteiger partial charge in [-0.3, -0.25) is 9.00 Å². The van der Waals surface area contributed by atoms with Gasteiger partial charge in [-0.1, -0.05) is 36.4 Å². The number of hydrogen-bond acceptors (Lipinski definition) is 3. The maximum Gasteiger partial charge on any atom is 0.251 e. The van der Waals surface area contributed by atoms with Gasteiger partial charge in [-0.2, -0.15) is 0 Å². The van der Waals surface area contributed by atoms with Gasteiger partial charge < -0.3 is 5.32 Å². The Bertz CT molecular complexity index is 687. The van der Waals surface area contributed by atoms with Crippen LogP contribution in [-0.4, -0.2) is 28.7 Å². The second kappa shape index (κ2) is 8.89. The van der Waals surface area contributed by atoms with Crippen LogP contribution in [-0.2, 0) is 16.6 Å². The molecule has 23 heavy (non-hydrogen) atoms. The third kappa shape index (κ3) is 5.52. The lowest BCUT2D eigenvalue weighted by Gasteiger charge is -2.09. The highest BCUT2D eigenvalue weighted by Crippen LogP contribution is 2.18. The topological polar surface area (TPSA) is 46.2 Å². The Balaban J connectivity index is 1.84. The third-order valence-electron chi connectivity index (χ3n) is 3.48. The molecule has 0 aliphatic rings. The summed E-state index contributed by atoms with van der Waals surface area (Å²) < 4.78 is 12.1. The normalized spacial score (nSPS) is 11.9. The first-order valence-electron chi connectivity index (χ1n) is 7.42. The first-order chi connectivity index (χ1) is 11.1. The van der Waals surface area contributed by atoms with Crippen molar-refractivity contribution in [2.75, 3.05) is 18.6 Å². The molecule has 0 heterocycles. The van der Waals surface area contributed by atoms with E-state index in [4.69, 9.17) is 0 Å². The predicted octanol–water partition coefficient (Wildman–Crippen LogP) is 3.40. The molecule has 0 aromatic heterocycles. The van der Waals surface area contributed by atoms with E-state index in [0.29, 0.717) is 23.6 Å². The Kier molecular flexibility index (Phi) is 6.86. The molecule has 0 spiro atoms. The molecule has 122 valence electrons. The smallest absolute Gasteiger partial charge is 0.251 e. The number of hydrogen-bond donors (Lipinski definition) is 1. The lowest BCUT2D eigenvalue weighted by atomic mass is 10.1. The molecule has 2 rings (SSSR count). The van der Waals surface area contributed by atoms with Gasteiger partial charge in [0.05, 0.1) is 0 Å². The van der Waals surface area contributed by atoms with Crippen LogP contribution >= 0.6 is 11.8 Å². The minimum Gasteiger partial charge on any atom is -0.351 e. The minimum atomic E-state index is -0.974. The van der Waals surface area contributed by atoms with E-state index in [0.717, 1.165) is 16.0 Å². The molecule has 1 N–H and O–H groups in total. The van der Waals surface area contributed by atoms with Crippen molar-refractivity contribution >= 4 is 28.5 Å². The second-order valence-corrected chi connectivity index (χ2v) is 7.67. The third-order valence-corrected chi connectivity index (χ3v) is 5.52. The van der Waals surface area contributed by atoms with Crippen LogP contribution in [0.2, 0.25) is 0 Å². The zero-order valence-corrected chi connectivity index (χ0v) is 15.0. The van der Waals surface area contributed by atoms with Crippen molar-refractivity contribution in [3.8, 4) is 0 Å². The van der Waals surface area contributed by atoms with Gasteiger partial charge in [-0.15, -0.1) is 11.8 Å². The Morgan fingerprint density at radius 3 is 2.61 bits per heavy atom. The van der Waals surface area contributed by atoms with E-state index in [1.54, 1.807) is 11.8 Å². The number of rotatable bonds is 7. The minimum absolute atomic E-state index is 0.102. The number of thioether (sulfide) groups is 1. The van der Waals surface area contributed by atoms with E-state index in [9.17, 15) is 9.00 Å². The van der Waals surface area contributed by atoms with E-state index in [1.165, 1.54) is 0 Å². The summed E-state index contributed by atoms with van der Waals surface area (Å²) in [4.78, 5) is 13.3. The maximum absolute atomic E-state index is 12.3. The monoisotopic (exact) mass is 347 g/mol. The van der Waals surface area contributed by atoms with Crippen molar-refractivity contribution in [3.05, 3.63) is 65.2 Å². The zero-order valence-electron chi connectivity index (χ0n) is 13.4. The summed E-state index contributed by atoms with van der Waals surface area (Å²) in [6.07, 6.45) is 1.99. The molecule has 0 saturated heterocycles. The largest absolute Gasteiger partial charge is 0.351 e. The van der Waals surface area contributed by atoms with Gasteiger partial charge in [-0.05, 0) is 36.4 Å². The molecule has 0 radical (unpaired) electrons. The van der Waals surface area contributed by atoms with Crippen LogP contribution in [0.15, 0.2) is 53.4 Å². The predicted molar refractivity (Wildman–Crippen MR) is 98.4 cm³/mol. The molecule has 3 nitrogen and oxygen atoms in total. The molecule has 5 heteroatoms. The number of carbonyl (C=O) groups is 1. The molecule has 1 atom stereocenters. The summed E-state index contributed by atoms with van der Waals surface area (Å²) in [5.41, 5.74) is 2.69. The molecule has 2 aromatic carbocycles. The Labute approximate surface area is 144 Å². The first kappa shape index (κ1) is 17.8. The Morgan fingerprint density at radius 1 is 1.17 bits per heavy atom. The summed E-state index contributed by atoms with van der Waals surface area (Å²) in [6, 6.07) is 15.6. The van der Waals surface area contributed by atoms with Crippen molar-refractivity contribution in [1.82, 2.24) is 5.32 Å². The van der Waals surface area contributed by atoms with Crippen LogP contribution in [0.1, 0.15) is 21.5 Å². The molecule has 0 bridgehead atoms. The van der Waals surface area contributed by atoms with Crippen LogP contribution in [0.25, 0.3) is 0 Å². The number of carbonyl (C=O) groups excluding carboxylic acids is 1. The summed E-state index contributed by atoms with van der Waals surface area (Å²) >= 11 is 1.61. The Hall–Kier alpha value is -1.59. The van der Waals surface area contributed by atoms with Gasteiger partial charge in [0, 0.05) is 39.3 Å². The molecule has 0 fully saturated rings. The highest BCUT2D eigenvalue weighted by molar-refractivity contribution is 7.98. The summed E-state index contributed by atoms with van der Waals surface area (Å²) in [7, 11) is -0.974. The fraction of sp³-hybridized carbons (Fsp3) is 0.278. The molecular weight excluding hydrogens is 326 g/mol. The lowest BCUT2D eigenvalue weighted by Crippen LogP contribution is -2.28. The zero-order chi connectivity index (χ0) is 16.7.